The quantitative estimate of drug-likeness (QED) is 0.579. The minimum absolute atomic E-state index is 0.0227. The van der Waals surface area contributed by atoms with Crippen LogP contribution in [-0.4, -0.2) is 71.2 Å². The molecule has 2 atom stereocenters. The Morgan fingerprint density at radius 3 is 2.55 bits per heavy atom. The van der Waals surface area contributed by atoms with Crippen molar-refractivity contribution in [2.24, 2.45) is 5.92 Å². The van der Waals surface area contributed by atoms with Crippen molar-refractivity contribution in [3.63, 3.8) is 0 Å². The molecule has 0 radical (unpaired) electrons. The Morgan fingerprint density at radius 1 is 1.24 bits per heavy atom. The second-order valence-corrected chi connectivity index (χ2v) is 8.85. The van der Waals surface area contributed by atoms with Crippen LogP contribution >= 0.6 is 0 Å². The molecule has 1 saturated heterocycles. The highest BCUT2D eigenvalue weighted by atomic mass is 32.2. The first kappa shape index (κ1) is 23.1. The highest BCUT2D eigenvalue weighted by Gasteiger charge is 2.34. The Labute approximate surface area is 171 Å². The van der Waals surface area contributed by atoms with Crippen LogP contribution in [0.5, 0.6) is 5.75 Å². The SMILES string of the molecule is COCC(C)NC(=O)COC(=O)C1CCCN(S(=O)(=O)c2ccc(OC)cc2)C1. The molecule has 162 valence electrons. The van der Waals surface area contributed by atoms with Crippen LogP contribution in [0.2, 0.25) is 0 Å². The van der Waals surface area contributed by atoms with E-state index in [4.69, 9.17) is 14.2 Å². The van der Waals surface area contributed by atoms with E-state index in [1.165, 1.54) is 30.7 Å². The zero-order valence-corrected chi connectivity index (χ0v) is 17.7. The lowest BCUT2D eigenvalue weighted by Crippen LogP contribution is -2.43. The van der Waals surface area contributed by atoms with E-state index in [1.54, 1.807) is 19.1 Å². The van der Waals surface area contributed by atoms with Crippen LogP contribution in [0.4, 0.5) is 0 Å². The number of hydrogen-bond donors (Lipinski definition) is 1. The molecule has 9 nitrogen and oxygen atoms in total. The maximum absolute atomic E-state index is 12.9. The molecule has 0 saturated carbocycles. The molecular weight excluding hydrogens is 400 g/mol. The lowest BCUT2D eigenvalue weighted by Gasteiger charge is -2.30. The number of nitrogens with zero attached hydrogens (tertiary/aromatic N) is 1. The summed E-state index contributed by atoms with van der Waals surface area (Å²) in [6.45, 7) is 2.06. The van der Waals surface area contributed by atoms with Gasteiger partial charge in [0.1, 0.15) is 5.75 Å². The molecule has 1 aromatic carbocycles. The standard InChI is InChI=1S/C19H28N2O7S/c1-14(12-26-2)20-18(22)13-28-19(23)15-5-4-10-21(11-15)29(24,25)17-8-6-16(27-3)7-9-17/h6-9,14-15H,4-5,10-13H2,1-3H3,(H,20,22). The molecule has 0 bridgehead atoms. The Balaban J connectivity index is 1.93. The molecule has 2 rings (SSSR count). The first-order valence-corrected chi connectivity index (χ1v) is 10.8. The first-order valence-electron chi connectivity index (χ1n) is 9.37. The molecule has 29 heavy (non-hydrogen) atoms. The second-order valence-electron chi connectivity index (χ2n) is 6.91. The summed E-state index contributed by atoms with van der Waals surface area (Å²) in [7, 11) is -0.702. The highest BCUT2D eigenvalue weighted by Crippen LogP contribution is 2.25. The minimum atomic E-state index is -3.73. The van der Waals surface area contributed by atoms with Crippen LogP contribution in [0.25, 0.3) is 0 Å². The van der Waals surface area contributed by atoms with E-state index >= 15 is 0 Å². The van der Waals surface area contributed by atoms with Crippen LogP contribution in [0.15, 0.2) is 29.2 Å². The van der Waals surface area contributed by atoms with E-state index in [0.717, 1.165) is 0 Å². The minimum Gasteiger partial charge on any atom is -0.497 e. The first-order chi connectivity index (χ1) is 13.8. The molecule has 2 unspecified atom stereocenters. The number of ether oxygens (including phenoxy) is 3. The number of esters is 1. The van der Waals surface area contributed by atoms with Gasteiger partial charge in [0.25, 0.3) is 5.91 Å². The number of piperidine rings is 1. The summed E-state index contributed by atoms with van der Waals surface area (Å²) in [5, 5.41) is 2.65. The van der Waals surface area contributed by atoms with Crippen molar-refractivity contribution in [2.75, 3.05) is 40.5 Å². The lowest BCUT2D eigenvalue weighted by molar-refractivity contribution is -0.153. The van der Waals surface area contributed by atoms with E-state index in [-0.39, 0.29) is 17.5 Å². The molecule has 1 aromatic rings. The van der Waals surface area contributed by atoms with Gasteiger partial charge in [0.05, 0.1) is 24.5 Å². The monoisotopic (exact) mass is 428 g/mol. The summed E-state index contributed by atoms with van der Waals surface area (Å²) in [6.07, 6.45) is 1.04. The summed E-state index contributed by atoms with van der Waals surface area (Å²) in [5.41, 5.74) is 0. The molecule has 1 aliphatic rings. The predicted octanol–water partition coefficient (Wildman–Crippen LogP) is 0.790. The fraction of sp³-hybridized carbons (Fsp3) is 0.579. The van der Waals surface area contributed by atoms with Gasteiger partial charge in [0.15, 0.2) is 6.61 Å². The Kier molecular flexibility index (Phi) is 8.42. The average Bonchev–Trinajstić information content (AvgIpc) is 2.72. The van der Waals surface area contributed by atoms with Gasteiger partial charge in [-0.1, -0.05) is 0 Å². The molecule has 1 amide bonds. The van der Waals surface area contributed by atoms with Gasteiger partial charge in [0.2, 0.25) is 10.0 Å². The number of carbonyl (C=O) groups is 2. The maximum Gasteiger partial charge on any atom is 0.310 e. The third-order valence-corrected chi connectivity index (χ3v) is 6.46. The summed E-state index contributed by atoms with van der Waals surface area (Å²) < 4.78 is 42.1. The molecule has 1 aliphatic heterocycles. The van der Waals surface area contributed by atoms with Gasteiger partial charge in [-0.2, -0.15) is 4.31 Å². The third kappa shape index (κ3) is 6.41. The summed E-state index contributed by atoms with van der Waals surface area (Å²) in [4.78, 5) is 24.3. The van der Waals surface area contributed by atoms with E-state index in [2.05, 4.69) is 5.32 Å². The number of carbonyl (C=O) groups excluding carboxylic acids is 2. The van der Waals surface area contributed by atoms with Crippen molar-refractivity contribution in [1.82, 2.24) is 9.62 Å². The number of nitrogens with one attached hydrogen (secondary N) is 1. The van der Waals surface area contributed by atoms with Crippen molar-refractivity contribution in [2.45, 2.75) is 30.7 Å². The average molecular weight is 429 g/mol. The molecule has 0 aliphatic carbocycles. The van der Waals surface area contributed by atoms with Crippen molar-refractivity contribution in [1.29, 1.82) is 0 Å². The Bertz CT molecular complexity index is 795. The van der Waals surface area contributed by atoms with Gasteiger partial charge in [-0.3, -0.25) is 9.59 Å². The normalized spacial score (nSPS) is 18.7. The second kappa shape index (κ2) is 10.6. The molecule has 0 spiro atoms. The summed E-state index contributed by atoms with van der Waals surface area (Å²) >= 11 is 0. The number of rotatable bonds is 9. The zero-order valence-electron chi connectivity index (χ0n) is 16.9. The van der Waals surface area contributed by atoms with Gasteiger partial charge >= 0.3 is 5.97 Å². The van der Waals surface area contributed by atoms with Crippen LogP contribution in [-0.2, 0) is 29.1 Å². The van der Waals surface area contributed by atoms with Crippen LogP contribution < -0.4 is 10.1 Å². The van der Waals surface area contributed by atoms with Gasteiger partial charge in [-0.25, -0.2) is 8.42 Å². The largest absolute Gasteiger partial charge is 0.497 e. The Morgan fingerprint density at radius 2 is 1.93 bits per heavy atom. The van der Waals surface area contributed by atoms with Crippen LogP contribution in [0, 0.1) is 5.92 Å². The molecular formula is C19H28N2O7S. The van der Waals surface area contributed by atoms with Crippen LogP contribution in [0.3, 0.4) is 0 Å². The lowest BCUT2D eigenvalue weighted by atomic mass is 10.00. The van der Waals surface area contributed by atoms with Gasteiger partial charge in [0, 0.05) is 26.2 Å². The fourth-order valence-electron chi connectivity index (χ4n) is 3.11. The molecule has 10 heteroatoms. The number of sulfonamides is 1. The van der Waals surface area contributed by atoms with Gasteiger partial charge < -0.3 is 19.5 Å². The van der Waals surface area contributed by atoms with Crippen molar-refractivity contribution in [3.05, 3.63) is 24.3 Å². The maximum atomic E-state index is 12.9. The summed E-state index contributed by atoms with van der Waals surface area (Å²) in [5.74, 6) is -1.06. The molecule has 1 heterocycles. The highest BCUT2D eigenvalue weighted by molar-refractivity contribution is 7.89. The van der Waals surface area contributed by atoms with E-state index in [0.29, 0.717) is 31.7 Å². The van der Waals surface area contributed by atoms with E-state index in [9.17, 15) is 18.0 Å². The van der Waals surface area contributed by atoms with Crippen molar-refractivity contribution >= 4 is 21.9 Å². The predicted molar refractivity (Wildman–Crippen MR) is 105 cm³/mol. The fourth-order valence-corrected chi connectivity index (χ4v) is 4.64. The Hall–Kier alpha value is -2.17. The summed E-state index contributed by atoms with van der Waals surface area (Å²) in [6, 6.07) is 5.90. The van der Waals surface area contributed by atoms with Crippen LogP contribution in [0.1, 0.15) is 19.8 Å². The van der Waals surface area contributed by atoms with E-state index in [1.807, 2.05) is 0 Å². The van der Waals surface area contributed by atoms with E-state index < -0.39 is 34.4 Å². The number of amides is 1. The van der Waals surface area contributed by atoms with Crippen molar-refractivity contribution in [3.8, 4) is 5.75 Å². The third-order valence-electron chi connectivity index (χ3n) is 4.58. The smallest absolute Gasteiger partial charge is 0.310 e. The van der Waals surface area contributed by atoms with Gasteiger partial charge in [-0.05, 0) is 44.0 Å². The zero-order chi connectivity index (χ0) is 21.4. The number of hydrogen-bond acceptors (Lipinski definition) is 7. The topological polar surface area (TPSA) is 111 Å². The molecule has 0 aromatic heterocycles. The molecule has 1 fully saturated rings. The number of methoxy groups -OCH3 is 2. The van der Waals surface area contributed by atoms with Gasteiger partial charge in [-0.15, -0.1) is 0 Å². The van der Waals surface area contributed by atoms with Crippen molar-refractivity contribution < 1.29 is 32.2 Å². The number of benzene rings is 1. The molecule has 1 N–H and O–H groups in total.